The summed E-state index contributed by atoms with van der Waals surface area (Å²) in [4.78, 5) is 28.9. The van der Waals surface area contributed by atoms with Gasteiger partial charge in [-0.2, -0.15) is 22.3 Å². The van der Waals surface area contributed by atoms with Crippen molar-refractivity contribution in [2.24, 2.45) is 0 Å². The average molecular weight is 537 g/mol. The molecule has 4 rings (SSSR count). The molecule has 0 saturated carbocycles. The Hall–Kier alpha value is -2.96. The van der Waals surface area contributed by atoms with Crippen LogP contribution in [0, 0.1) is 18.3 Å². The lowest BCUT2D eigenvalue weighted by Gasteiger charge is -2.48. The molecule has 3 saturated heterocycles. The van der Waals surface area contributed by atoms with E-state index in [9.17, 15) is 23.2 Å². The maximum absolute atomic E-state index is 13.9. The number of nitrogens with zero attached hydrogens (tertiary/aromatic N) is 5. The Morgan fingerprint density at radius 1 is 1.24 bits per heavy atom. The van der Waals surface area contributed by atoms with Crippen LogP contribution < -0.4 is 10.4 Å². The minimum absolute atomic E-state index is 0.0285. The fraction of sp³-hybridized carbons (Fsp3) is 0.609. The standard InChI is InChI=1S/C23H32N6O7S/c1-17-13-18(14-24)3-4-20(17)26-7-9-28(10-8-26)37(33,34)29-19-5-6-23(29,21(30)25-32)16-27(15-19)22(31)36-12-11-35-2/h3-4,13,19,32H,5-12,15-16H2,1-2H3,(H,25,30). The lowest BCUT2D eigenvalue weighted by atomic mass is 9.96. The zero-order valence-corrected chi connectivity index (χ0v) is 21.7. The Balaban J connectivity index is 1.52. The highest BCUT2D eigenvalue weighted by Crippen LogP contribution is 2.43. The second-order valence-electron chi connectivity index (χ2n) is 9.46. The second kappa shape index (κ2) is 10.8. The van der Waals surface area contributed by atoms with Crippen molar-refractivity contribution >= 4 is 27.9 Å². The molecule has 2 amide bonds. The number of hydroxylamine groups is 1. The van der Waals surface area contributed by atoms with E-state index in [1.54, 1.807) is 17.6 Å². The van der Waals surface area contributed by atoms with Crippen LogP contribution in [0.2, 0.25) is 0 Å². The minimum Gasteiger partial charge on any atom is -0.447 e. The largest absolute Gasteiger partial charge is 0.447 e. The normalized spacial score (nSPS) is 24.5. The van der Waals surface area contributed by atoms with Gasteiger partial charge in [-0.15, -0.1) is 0 Å². The molecule has 13 nitrogen and oxygen atoms in total. The van der Waals surface area contributed by atoms with Gasteiger partial charge in [0.05, 0.1) is 24.8 Å². The van der Waals surface area contributed by atoms with Crippen LogP contribution in [0.3, 0.4) is 0 Å². The fourth-order valence-electron chi connectivity index (χ4n) is 5.54. The van der Waals surface area contributed by atoms with Crippen molar-refractivity contribution in [3.8, 4) is 6.07 Å². The summed E-state index contributed by atoms with van der Waals surface area (Å²) >= 11 is 0. The van der Waals surface area contributed by atoms with Crippen LogP contribution in [0.5, 0.6) is 0 Å². The van der Waals surface area contributed by atoms with E-state index in [1.165, 1.54) is 20.6 Å². The molecule has 0 aromatic heterocycles. The number of hydrogen-bond acceptors (Lipinski definition) is 9. The molecule has 1 aromatic carbocycles. The number of amides is 2. The van der Waals surface area contributed by atoms with Gasteiger partial charge in [-0.1, -0.05) is 0 Å². The minimum atomic E-state index is -4.10. The van der Waals surface area contributed by atoms with Crippen molar-refractivity contribution in [1.29, 1.82) is 5.26 Å². The number of likely N-dealkylation sites (tertiary alicyclic amines) is 1. The number of fused-ring (bicyclic) bond motifs is 2. The van der Waals surface area contributed by atoms with Crippen LogP contribution in [0.4, 0.5) is 10.5 Å². The van der Waals surface area contributed by atoms with Gasteiger partial charge in [-0.05, 0) is 43.5 Å². The maximum Gasteiger partial charge on any atom is 0.409 e. The van der Waals surface area contributed by atoms with E-state index in [1.807, 2.05) is 13.0 Å². The first kappa shape index (κ1) is 27.1. The van der Waals surface area contributed by atoms with E-state index in [2.05, 4.69) is 11.0 Å². The highest BCUT2D eigenvalue weighted by Gasteiger charge is 2.62. The van der Waals surface area contributed by atoms with Crippen molar-refractivity contribution in [3.05, 3.63) is 29.3 Å². The number of rotatable bonds is 7. The molecule has 2 unspecified atom stereocenters. The highest BCUT2D eigenvalue weighted by molar-refractivity contribution is 7.86. The van der Waals surface area contributed by atoms with E-state index in [0.717, 1.165) is 11.3 Å². The summed E-state index contributed by atoms with van der Waals surface area (Å²) in [6, 6.07) is 6.88. The molecular weight excluding hydrogens is 504 g/mol. The Kier molecular flexibility index (Phi) is 7.91. The zero-order chi connectivity index (χ0) is 26.8. The third-order valence-corrected chi connectivity index (χ3v) is 9.47. The number of nitrogens with one attached hydrogen (secondary N) is 1. The third kappa shape index (κ3) is 4.97. The molecule has 3 aliphatic heterocycles. The van der Waals surface area contributed by atoms with Crippen molar-refractivity contribution in [2.75, 3.05) is 64.5 Å². The maximum atomic E-state index is 13.9. The summed E-state index contributed by atoms with van der Waals surface area (Å²) in [6.45, 7) is 3.26. The van der Waals surface area contributed by atoms with Crippen LogP contribution in [0.15, 0.2) is 18.2 Å². The van der Waals surface area contributed by atoms with E-state index < -0.39 is 33.8 Å². The van der Waals surface area contributed by atoms with E-state index in [0.29, 0.717) is 25.1 Å². The van der Waals surface area contributed by atoms with Gasteiger partial charge in [0.15, 0.2) is 0 Å². The number of benzene rings is 1. The second-order valence-corrected chi connectivity index (χ2v) is 11.3. The first-order chi connectivity index (χ1) is 17.7. The smallest absolute Gasteiger partial charge is 0.409 e. The van der Waals surface area contributed by atoms with Crippen molar-refractivity contribution in [1.82, 2.24) is 19.0 Å². The molecule has 3 heterocycles. The Labute approximate surface area is 216 Å². The SMILES string of the molecule is COCCOC(=O)N1CC2CCC(C(=O)NO)(C1)N2S(=O)(=O)N1CCN(c2ccc(C#N)cc2C)CC1. The molecule has 14 heteroatoms. The number of nitriles is 1. The molecule has 2 N–H and O–H groups in total. The molecule has 1 aromatic rings. The lowest BCUT2D eigenvalue weighted by molar-refractivity contribution is -0.141. The number of methoxy groups -OCH3 is 1. The van der Waals surface area contributed by atoms with Crippen molar-refractivity contribution in [2.45, 2.75) is 31.3 Å². The van der Waals surface area contributed by atoms with Crippen LogP contribution in [0.25, 0.3) is 0 Å². The molecule has 0 spiro atoms. The third-order valence-electron chi connectivity index (χ3n) is 7.30. The fourth-order valence-corrected chi connectivity index (χ4v) is 7.63. The van der Waals surface area contributed by atoms with Crippen LogP contribution >= 0.6 is 0 Å². The van der Waals surface area contributed by atoms with Crippen LogP contribution in [-0.4, -0.2) is 110 Å². The van der Waals surface area contributed by atoms with E-state index in [-0.39, 0.29) is 45.8 Å². The molecule has 2 atom stereocenters. The Bertz CT molecular complexity index is 1180. The molecule has 3 fully saturated rings. The zero-order valence-electron chi connectivity index (χ0n) is 20.9. The first-order valence-electron chi connectivity index (χ1n) is 12.1. The molecule has 0 aliphatic carbocycles. The quantitative estimate of drug-likeness (QED) is 0.279. The summed E-state index contributed by atoms with van der Waals surface area (Å²) in [6.07, 6.45) is -0.142. The Morgan fingerprint density at radius 3 is 2.59 bits per heavy atom. The predicted octanol–water partition coefficient (Wildman–Crippen LogP) is 0.0407. The van der Waals surface area contributed by atoms with Crippen LogP contribution in [-0.2, 0) is 24.5 Å². The van der Waals surface area contributed by atoms with E-state index in [4.69, 9.17) is 14.7 Å². The molecular formula is C23H32N6O7S. The number of aryl methyl sites for hydroxylation is 1. The number of piperazine rings is 2. The van der Waals surface area contributed by atoms with Crippen LogP contribution in [0.1, 0.15) is 24.0 Å². The van der Waals surface area contributed by atoms with E-state index >= 15 is 0 Å². The number of ether oxygens (including phenoxy) is 2. The van der Waals surface area contributed by atoms with Gasteiger partial charge in [0.25, 0.3) is 16.1 Å². The number of anilines is 1. The summed E-state index contributed by atoms with van der Waals surface area (Å²) in [5.41, 5.74) is 2.41. The monoisotopic (exact) mass is 536 g/mol. The van der Waals surface area contributed by atoms with Crippen molar-refractivity contribution in [3.63, 3.8) is 0 Å². The number of carbonyl (C=O) groups is 2. The molecule has 37 heavy (non-hydrogen) atoms. The lowest BCUT2D eigenvalue weighted by Crippen LogP contribution is -2.71. The van der Waals surface area contributed by atoms with Gasteiger partial charge in [0.2, 0.25) is 0 Å². The number of hydrogen-bond donors (Lipinski definition) is 2. The molecule has 0 radical (unpaired) electrons. The van der Waals surface area contributed by atoms with Gasteiger partial charge in [-0.25, -0.2) is 10.3 Å². The first-order valence-corrected chi connectivity index (χ1v) is 13.5. The van der Waals surface area contributed by atoms with Gasteiger partial charge in [0, 0.05) is 51.6 Å². The average Bonchev–Trinajstić information content (AvgIpc) is 3.16. The summed E-state index contributed by atoms with van der Waals surface area (Å²) < 4.78 is 40.4. The van der Waals surface area contributed by atoms with Gasteiger partial charge >= 0.3 is 6.09 Å². The molecule has 3 aliphatic rings. The van der Waals surface area contributed by atoms with Gasteiger partial charge in [0.1, 0.15) is 12.1 Å². The van der Waals surface area contributed by atoms with Gasteiger partial charge in [-0.3, -0.25) is 10.0 Å². The summed E-state index contributed by atoms with van der Waals surface area (Å²) in [5.74, 6) is -0.875. The summed E-state index contributed by atoms with van der Waals surface area (Å²) in [5, 5.41) is 18.6. The molecule has 202 valence electrons. The summed E-state index contributed by atoms with van der Waals surface area (Å²) in [7, 11) is -2.63. The predicted molar refractivity (Wildman–Crippen MR) is 131 cm³/mol. The van der Waals surface area contributed by atoms with Gasteiger partial charge < -0.3 is 19.3 Å². The topological polar surface area (TPSA) is 156 Å². The van der Waals surface area contributed by atoms with Crippen molar-refractivity contribution < 1.29 is 32.7 Å². The number of carbonyl (C=O) groups excluding carboxylic acids is 2. The Morgan fingerprint density at radius 2 is 1.97 bits per heavy atom. The highest BCUT2D eigenvalue weighted by atomic mass is 32.2. The molecule has 2 bridgehead atoms.